The van der Waals surface area contributed by atoms with E-state index in [4.69, 9.17) is 0 Å². The first-order valence-electron chi connectivity index (χ1n) is 6.33. The number of nitrogens with zero attached hydrogens (tertiary/aromatic N) is 1. The molecule has 13 heteroatoms. The van der Waals surface area contributed by atoms with Crippen LogP contribution in [0.25, 0.3) is 0 Å². The second kappa shape index (κ2) is 6.79. The number of alkyl halides is 12. The summed E-state index contributed by atoms with van der Waals surface area (Å²) in [4.78, 5) is 0.438. The van der Waals surface area contributed by atoms with Crippen LogP contribution in [0.2, 0.25) is 0 Å². The Morgan fingerprint density at radius 3 is 1.33 bits per heavy atom. The molecular formula is C11H13F12N. The maximum absolute atomic E-state index is 13.4. The van der Waals surface area contributed by atoms with E-state index in [1.165, 1.54) is 0 Å². The minimum Gasteiger partial charge on any atom is -0.298 e. The predicted octanol–water partition coefficient (Wildman–Crippen LogP) is 4.77. The van der Waals surface area contributed by atoms with Crippen molar-refractivity contribution in [1.82, 2.24) is 4.90 Å². The maximum atomic E-state index is 13.4. The highest BCUT2D eigenvalue weighted by Crippen LogP contribution is 2.58. The summed E-state index contributed by atoms with van der Waals surface area (Å²) in [6, 6.07) is 0. The Kier molecular flexibility index (Phi) is 6.54. The molecule has 0 aromatic carbocycles. The lowest BCUT2D eigenvalue weighted by molar-refractivity contribution is -0.413. The molecule has 0 spiro atoms. The van der Waals surface area contributed by atoms with Gasteiger partial charge in [-0.3, -0.25) is 4.90 Å². The van der Waals surface area contributed by atoms with E-state index in [2.05, 4.69) is 0 Å². The average Bonchev–Trinajstić information content (AvgIpc) is 2.43. The molecule has 0 N–H and O–H groups in total. The van der Waals surface area contributed by atoms with Crippen LogP contribution in [-0.2, 0) is 0 Å². The molecule has 24 heavy (non-hydrogen) atoms. The smallest absolute Gasteiger partial charge is 0.298 e. The zero-order chi connectivity index (χ0) is 19.8. The van der Waals surface area contributed by atoms with Crippen molar-refractivity contribution in [3.8, 4) is 0 Å². The van der Waals surface area contributed by atoms with E-state index in [1.807, 2.05) is 0 Å². The Hall–Kier alpha value is -0.880. The third kappa shape index (κ3) is 3.40. The van der Waals surface area contributed by atoms with E-state index < -0.39 is 42.6 Å². The topological polar surface area (TPSA) is 3.24 Å². The second-order valence-electron chi connectivity index (χ2n) is 4.81. The van der Waals surface area contributed by atoms with Gasteiger partial charge in [0.25, 0.3) is 0 Å². The third-order valence-electron chi connectivity index (χ3n) is 3.26. The minimum atomic E-state index is -7.45. The highest BCUT2D eigenvalue weighted by atomic mass is 19.4. The number of rotatable bonds is 9. The van der Waals surface area contributed by atoms with Gasteiger partial charge in [-0.1, -0.05) is 13.8 Å². The lowest BCUT2D eigenvalue weighted by Gasteiger charge is -2.40. The van der Waals surface area contributed by atoms with Gasteiger partial charge < -0.3 is 0 Å². The quantitative estimate of drug-likeness (QED) is 0.516. The first-order chi connectivity index (χ1) is 10.4. The predicted molar refractivity (Wildman–Crippen MR) is 58.5 cm³/mol. The van der Waals surface area contributed by atoms with Gasteiger partial charge in [0.15, 0.2) is 0 Å². The Labute approximate surface area is 128 Å². The molecule has 1 nitrogen and oxygen atoms in total. The van der Waals surface area contributed by atoms with Crippen LogP contribution in [0.1, 0.15) is 13.8 Å². The highest BCUT2D eigenvalue weighted by Gasteiger charge is 2.87. The van der Waals surface area contributed by atoms with Gasteiger partial charge in [-0.2, -0.15) is 43.9 Å². The summed E-state index contributed by atoms with van der Waals surface area (Å²) in [5, 5.41) is 0. The van der Waals surface area contributed by atoms with Crippen molar-refractivity contribution in [2.45, 2.75) is 49.9 Å². The number of hydrogen-bond acceptors (Lipinski definition) is 1. The molecule has 0 unspecified atom stereocenters. The van der Waals surface area contributed by atoms with Crippen molar-refractivity contribution < 1.29 is 52.7 Å². The van der Waals surface area contributed by atoms with Gasteiger partial charge in [-0.05, 0) is 13.1 Å². The van der Waals surface area contributed by atoms with Crippen molar-refractivity contribution in [3.63, 3.8) is 0 Å². The number of halogens is 12. The molecule has 0 aromatic heterocycles. The van der Waals surface area contributed by atoms with Gasteiger partial charge in [0.05, 0.1) is 6.54 Å². The molecule has 0 rings (SSSR count). The van der Waals surface area contributed by atoms with Crippen molar-refractivity contribution >= 4 is 0 Å². The minimum absolute atomic E-state index is 0.378. The van der Waals surface area contributed by atoms with Gasteiger partial charge in [-0.15, -0.1) is 0 Å². The summed E-state index contributed by atoms with van der Waals surface area (Å²) in [5.74, 6) is -34.7. The van der Waals surface area contributed by atoms with Crippen molar-refractivity contribution in [2.24, 2.45) is 0 Å². The van der Waals surface area contributed by atoms with Crippen LogP contribution < -0.4 is 0 Å². The van der Waals surface area contributed by atoms with Crippen LogP contribution in [0.3, 0.4) is 0 Å². The monoisotopic (exact) mass is 387 g/mol. The van der Waals surface area contributed by atoms with E-state index in [1.54, 1.807) is 0 Å². The van der Waals surface area contributed by atoms with E-state index in [-0.39, 0.29) is 13.1 Å². The van der Waals surface area contributed by atoms with Crippen LogP contribution in [0.5, 0.6) is 0 Å². The molecule has 0 saturated heterocycles. The summed E-state index contributed by atoms with van der Waals surface area (Å²) in [5.41, 5.74) is 0. The highest BCUT2D eigenvalue weighted by molar-refractivity contribution is 5.09. The first-order valence-corrected chi connectivity index (χ1v) is 6.33. The molecule has 0 radical (unpaired) electrons. The van der Waals surface area contributed by atoms with Crippen molar-refractivity contribution in [1.29, 1.82) is 0 Å². The van der Waals surface area contributed by atoms with Crippen LogP contribution in [-0.4, -0.2) is 60.6 Å². The summed E-state index contributed by atoms with van der Waals surface area (Å²) >= 11 is 0. The van der Waals surface area contributed by atoms with E-state index in [9.17, 15) is 52.7 Å². The molecule has 0 amide bonds. The van der Waals surface area contributed by atoms with E-state index in [0.717, 1.165) is 13.8 Å². The molecule has 0 bridgehead atoms. The van der Waals surface area contributed by atoms with E-state index in [0.29, 0.717) is 4.90 Å². The molecule has 146 valence electrons. The Balaban J connectivity index is 5.97. The normalized spacial score (nSPS) is 15.5. The van der Waals surface area contributed by atoms with Crippen LogP contribution in [0.15, 0.2) is 0 Å². The van der Waals surface area contributed by atoms with Gasteiger partial charge in [-0.25, -0.2) is 8.78 Å². The Bertz CT molecular complexity index is 415. The van der Waals surface area contributed by atoms with Crippen LogP contribution >= 0.6 is 0 Å². The Morgan fingerprint density at radius 1 is 0.667 bits per heavy atom. The standard InChI is InChI=1S/C11H13F12N/c1-3-24(4-2)5-7(14,15)9(18,19)11(22,23)10(20,21)8(16,17)6(12)13/h6H,3-5H2,1-2H3. The van der Waals surface area contributed by atoms with Gasteiger partial charge >= 0.3 is 36.0 Å². The fourth-order valence-electron chi connectivity index (χ4n) is 1.60. The lowest BCUT2D eigenvalue weighted by Crippen LogP contribution is -2.69. The summed E-state index contributed by atoms with van der Waals surface area (Å²) in [7, 11) is 0. The first kappa shape index (κ1) is 23.1. The number of hydrogen-bond donors (Lipinski definition) is 0. The molecule has 0 fully saturated rings. The van der Waals surface area contributed by atoms with Crippen molar-refractivity contribution in [2.75, 3.05) is 19.6 Å². The third-order valence-corrected chi connectivity index (χ3v) is 3.26. The van der Waals surface area contributed by atoms with Crippen molar-refractivity contribution in [3.05, 3.63) is 0 Å². The zero-order valence-corrected chi connectivity index (χ0v) is 12.2. The van der Waals surface area contributed by atoms with Gasteiger partial charge in [0.1, 0.15) is 0 Å². The SMILES string of the molecule is CCN(CC)CC(F)(F)C(F)(F)C(F)(F)C(F)(F)C(F)(F)C(F)F. The van der Waals surface area contributed by atoms with Crippen LogP contribution in [0, 0.1) is 0 Å². The maximum Gasteiger partial charge on any atom is 0.384 e. The zero-order valence-electron chi connectivity index (χ0n) is 12.2. The van der Waals surface area contributed by atoms with Crippen LogP contribution in [0.4, 0.5) is 52.7 Å². The lowest BCUT2D eigenvalue weighted by atomic mass is 9.94. The van der Waals surface area contributed by atoms with Gasteiger partial charge in [0.2, 0.25) is 0 Å². The molecular weight excluding hydrogens is 374 g/mol. The molecule has 0 aliphatic heterocycles. The average molecular weight is 387 g/mol. The van der Waals surface area contributed by atoms with E-state index >= 15 is 0 Å². The summed E-state index contributed by atoms with van der Waals surface area (Å²) in [6.07, 6.45) is -5.48. The summed E-state index contributed by atoms with van der Waals surface area (Å²) < 4.78 is 155. The largest absolute Gasteiger partial charge is 0.384 e. The molecule has 0 saturated carbocycles. The second-order valence-corrected chi connectivity index (χ2v) is 4.81. The molecule has 0 aliphatic carbocycles. The van der Waals surface area contributed by atoms with Gasteiger partial charge in [0, 0.05) is 0 Å². The molecule has 0 heterocycles. The molecule has 0 atom stereocenters. The molecule has 0 aliphatic rings. The Morgan fingerprint density at radius 2 is 1.04 bits per heavy atom. The molecule has 0 aromatic rings. The fraction of sp³-hybridized carbons (Fsp3) is 1.00. The summed E-state index contributed by atoms with van der Waals surface area (Å²) in [6.45, 7) is -0.627. The fourth-order valence-corrected chi connectivity index (χ4v) is 1.60.